The quantitative estimate of drug-likeness (QED) is 0.514. The Hall–Kier alpha value is -1.88. The summed E-state index contributed by atoms with van der Waals surface area (Å²) in [4.78, 5) is 23.0. The van der Waals surface area contributed by atoms with Crippen molar-refractivity contribution in [1.29, 1.82) is 0 Å². The summed E-state index contributed by atoms with van der Waals surface area (Å²) in [6, 6.07) is 9.14. The number of hydrogen-bond donors (Lipinski definition) is 3. The molecule has 0 bridgehead atoms. The highest BCUT2D eigenvalue weighted by Crippen LogP contribution is 2.24. The summed E-state index contributed by atoms with van der Waals surface area (Å²) in [5, 5.41) is 27.6. The predicted molar refractivity (Wildman–Crippen MR) is 87.2 cm³/mol. The van der Waals surface area contributed by atoms with E-state index in [1.54, 1.807) is 0 Å². The maximum atomic E-state index is 11.5. The topological polar surface area (TPSA) is 94.8 Å². The molecule has 3 N–H and O–H groups in total. The molecule has 0 radical (unpaired) electrons. The minimum Gasteiger partial charge on any atom is -0.481 e. The van der Waals surface area contributed by atoms with Crippen molar-refractivity contribution >= 4 is 11.9 Å². The third-order valence-electron chi connectivity index (χ3n) is 4.09. The Balaban J connectivity index is 2.60. The van der Waals surface area contributed by atoms with E-state index < -0.39 is 23.8 Å². The van der Waals surface area contributed by atoms with Crippen molar-refractivity contribution in [2.24, 2.45) is 11.8 Å². The molecular formula is C18H26O5. The van der Waals surface area contributed by atoms with Crippen LogP contribution in [-0.2, 0) is 16.0 Å². The average molecular weight is 322 g/mol. The van der Waals surface area contributed by atoms with E-state index >= 15 is 0 Å². The lowest BCUT2D eigenvalue weighted by molar-refractivity contribution is -0.154. The van der Waals surface area contributed by atoms with Crippen molar-refractivity contribution in [2.45, 2.75) is 44.9 Å². The number of benzene rings is 1. The monoisotopic (exact) mass is 322 g/mol. The van der Waals surface area contributed by atoms with Crippen LogP contribution in [-0.4, -0.2) is 33.9 Å². The first kappa shape index (κ1) is 19.2. The number of carboxylic acid groups (broad SMARTS) is 2. The molecule has 0 unspecified atom stereocenters. The van der Waals surface area contributed by atoms with Gasteiger partial charge in [0, 0.05) is 6.61 Å². The van der Waals surface area contributed by atoms with Crippen molar-refractivity contribution in [3.05, 3.63) is 35.9 Å². The Morgan fingerprint density at radius 3 is 1.96 bits per heavy atom. The number of carbonyl (C=O) groups is 2. The fraction of sp³-hybridized carbons (Fsp3) is 0.556. The normalized spacial score (nSPS) is 13.4. The molecular weight excluding hydrogens is 296 g/mol. The van der Waals surface area contributed by atoms with Crippen LogP contribution in [0.15, 0.2) is 30.3 Å². The van der Waals surface area contributed by atoms with Crippen LogP contribution in [0.3, 0.4) is 0 Å². The van der Waals surface area contributed by atoms with E-state index in [4.69, 9.17) is 5.11 Å². The number of carboxylic acids is 2. The van der Waals surface area contributed by atoms with E-state index in [1.807, 2.05) is 30.3 Å². The van der Waals surface area contributed by atoms with E-state index in [2.05, 4.69) is 0 Å². The number of rotatable bonds is 12. The van der Waals surface area contributed by atoms with Gasteiger partial charge in [-0.05, 0) is 24.8 Å². The van der Waals surface area contributed by atoms with Crippen molar-refractivity contribution < 1.29 is 24.9 Å². The summed E-state index contributed by atoms with van der Waals surface area (Å²) in [6.45, 7) is 0.177. The van der Waals surface area contributed by atoms with Crippen LogP contribution in [0, 0.1) is 11.8 Å². The molecule has 0 amide bonds. The number of aliphatic hydroxyl groups is 1. The van der Waals surface area contributed by atoms with Crippen LogP contribution in [0.4, 0.5) is 0 Å². The standard InChI is InChI=1S/C18H26O5/c19-12-8-3-1-2-7-11-15(17(20)21)16(18(22)23)13-14-9-5-4-6-10-14/h4-6,9-10,15-16,19H,1-3,7-8,11-13H2,(H,20,21)(H,22,23)/t15-,16-/m0/s1. The van der Waals surface area contributed by atoms with Gasteiger partial charge in [-0.25, -0.2) is 0 Å². The summed E-state index contributed by atoms with van der Waals surface area (Å²) in [6.07, 6.45) is 4.77. The maximum absolute atomic E-state index is 11.5. The lowest BCUT2D eigenvalue weighted by Crippen LogP contribution is -2.31. The molecule has 0 fully saturated rings. The summed E-state index contributed by atoms with van der Waals surface area (Å²) < 4.78 is 0. The Morgan fingerprint density at radius 2 is 1.39 bits per heavy atom. The molecule has 0 aliphatic rings. The molecule has 2 atom stereocenters. The second kappa shape index (κ2) is 10.8. The van der Waals surface area contributed by atoms with E-state index in [0.29, 0.717) is 12.8 Å². The lowest BCUT2D eigenvalue weighted by atomic mass is 9.83. The fourth-order valence-electron chi connectivity index (χ4n) is 2.77. The largest absolute Gasteiger partial charge is 0.481 e. The van der Waals surface area contributed by atoms with Crippen LogP contribution in [0.1, 0.15) is 44.1 Å². The van der Waals surface area contributed by atoms with Crippen LogP contribution >= 0.6 is 0 Å². The van der Waals surface area contributed by atoms with Crippen LogP contribution in [0.2, 0.25) is 0 Å². The van der Waals surface area contributed by atoms with Crippen molar-refractivity contribution in [3.8, 4) is 0 Å². The summed E-state index contributed by atoms with van der Waals surface area (Å²) >= 11 is 0. The summed E-state index contributed by atoms with van der Waals surface area (Å²) in [5.41, 5.74) is 0.842. The number of hydrogen-bond acceptors (Lipinski definition) is 3. The Kier molecular flexibility index (Phi) is 8.98. The third kappa shape index (κ3) is 7.28. The molecule has 0 heterocycles. The minimum absolute atomic E-state index is 0.177. The highest BCUT2D eigenvalue weighted by atomic mass is 16.4. The fourth-order valence-corrected chi connectivity index (χ4v) is 2.77. The Morgan fingerprint density at radius 1 is 0.826 bits per heavy atom. The van der Waals surface area contributed by atoms with Gasteiger partial charge in [-0.1, -0.05) is 56.0 Å². The molecule has 1 aromatic rings. The molecule has 0 saturated heterocycles. The zero-order chi connectivity index (χ0) is 17.1. The second-order valence-corrected chi connectivity index (χ2v) is 5.86. The van der Waals surface area contributed by atoms with Gasteiger partial charge in [-0.3, -0.25) is 9.59 Å². The minimum atomic E-state index is -1.05. The molecule has 5 heteroatoms. The summed E-state index contributed by atoms with van der Waals surface area (Å²) in [5.74, 6) is -3.87. The molecule has 0 aliphatic carbocycles. The number of aliphatic carboxylic acids is 2. The molecule has 5 nitrogen and oxygen atoms in total. The highest BCUT2D eigenvalue weighted by Gasteiger charge is 2.33. The number of unbranched alkanes of at least 4 members (excludes halogenated alkanes) is 4. The zero-order valence-corrected chi connectivity index (χ0v) is 13.4. The lowest BCUT2D eigenvalue weighted by Gasteiger charge is -2.20. The Bertz CT molecular complexity index is 472. The van der Waals surface area contributed by atoms with Gasteiger partial charge in [0.2, 0.25) is 0 Å². The first-order valence-corrected chi connectivity index (χ1v) is 8.16. The molecule has 0 saturated carbocycles. The van der Waals surface area contributed by atoms with E-state index in [9.17, 15) is 19.8 Å². The van der Waals surface area contributed by atoms with Gasteiger partial charge in [0.05, 0.1) is 11.8 Å². The number of aliphatic hydroxyl groups excluding tert-OH is 1. The van der Waals surface area contributed by atoms with Crippen molar-refractivity contribution in [2.75, 3.05) is 6.61 Å². The third-order valence-corrected chi connectivity index (χ3v) is 4.09. The van der Waals surface area contributed by atoms with Gasteiger partial charge in [0.1, 0.15) is 0 Å². The maximum Gasteiger partial charge on any atom is 0.307 e. The molecule has 0 aliphatic heterocycles. The van der Waals surface area contributed by atoms with Gasteiger partial charge >= 0.3 is 11.9 Å². The van der Waals surface area contributed by atoms with E-state index in [0.717, 1.165) is 31.2 Å². The molecule has 1 aromatic carbocycles. The van der Waals surface area contributed by atoms with Crippen LogP contribution in [0.25, 0.3) is 0 Å². The molecule has 0 aromatic heterocycles. The smallest absolute Gasteiger partial charge is 0.307 e. The second-order valence-electron chi connectivity index (χ2n) is 5.86. The van der Waals surface area contributed by atoms with E-state index in [-0.39, 0.29) is 13.0 Å². The molecule has 128 valence electrons. The Labute approximate surface area is 137 Å². The molecule has 1 rings (SSSR count). The predicted octanol–water partition coefficient (Wildman–Crippen LogP) is 2.96. The average Bonchev–Trinajstić information content (AvgIpc) is 2.53. The van der Waals surface area contributed by atoms with Gasteiger partial charge in [0.15, 0.2) is 0 Å². The van der Waals surface area contributed by atoms with Gasteiger partial charge in [0.25, 0.3) is 0 Å². The van der Waals surface area contributed by atoms with Gasteiger partial charge in [-0.2, -0.15) is 0 Å². The SMILES string of the molecule is O=C(O)[C@@H](CCCCCCCO)[C@H](Cc1ccccc1)C(=O)O. The molecule has 0 spiro atoms. The first-order valence-electron chi connectivity index (χ1n) is 8.16. The summed E-state index contributed by atoms with van der Waals surface area (Å²) in [7, 11) is 0. The first-order chi connectivity index (χ1) is 11.1. The molecule has 23 heavy (non-hydrogen) atoms. The van der Waals surface area contributed by atoms with Crippen LogP contribution in [0.5, 0.6) is 0 Å². The highest BCUT2D eigenvalue weighted by molar-refractivity contribution is 5.80. The van der Waals surface area contributed by atoms with Gasteiger partial charge < -0.3 is 15.3 Å². The van der Waals surface area contributed by atoms with Crippen LogP contribution < -0.4 is 0 Å². The van der Waals surface area contributed by atoms with Crippen molar-refractivity contribution in [1.82, 2.24) is 0 Å². The van der Waals surface area contributed by atoms with Crippen molar-refractivity contribution in [3.63, 3.8) is 0 Å². The van der Waals surface area contributed by atoms with Gasteiger partial charge in [-0.15, -0.1) is 0 Å². The zero-order valence-electron chi connectivity index (χ0n) is 13.4. The van der Waals surface area contributed by atoms with E-state index in [1.165, 1.54) is 0 Å².